The number of imidazole rings is 1. The Hall–Kier alpha value is -4.50. The molecule has 13 heteroatoms. The number of alkyl halides is 3. The van der Waals surface area contributed by atoms with Gasteiger partial charge < -0.3 is 5.32 Å². The molecule has 0 aliphatic rings. The van der Waals surface area contributed by atoms with E-state index in [-0.39, 0.29) is 33.2 Å². The number of carbonyl (C=O) groups excluding carboxylic acids is 2. The fraction of sp³-hybridized carbons (Fsp3) is 0.185. The fourth-order valence-corrected chi connectivity index (χ4v) is 4.57. The number of halogens is 6. The van der Waals surface area contributed by atoms with Crippen molar-refractivity contribution in [1.82, 2.24) is 9.13 Å². The molecule has 1 aromatic heterocycles. The summed E-state index contributed by atoms with van der Waals surface area (Å²) >= 11 is 6.12. The second-order valence-corrected chi connectivity index (χ2v) is 9.50. The number of ketones is 1. The highest BCUT2D eigenvalue weighted by molar-refractivity contribution is 6.35. The Morgan fingerprint density at radius 3 is 2.33 bits per heavy atom. The van der Waals surface area contributed by atoms with Crippen molar-refractivity contribution in [2.75, 3.05) is 5.32 Å². The van der Waals surface area contributed by atoms with Crippen LogP contribution in [0.1, 0.15) is 57.3 Å². The Labute approximate surface area is 228 Å². The number of anilines is 1. The molecule has 7 nitrogen and oxygen atoms in total. The monoisotopic (exact) mass is 576 g/mol. The molecule has 0 spiro atoms. The van der Waals surface area contributed by atoms with Crippen LogP contribution >= 0.6 is 11.6 Å². The van der Waals surface area contributed by atoms with Crippen LogP contribution in [0.3, 0.4) is 0 Å². The van der Waals surface area contributed by atoms with E-state index in [2.05, 4.69) is 5.32 Å². The van der Waals surface area contributed by atoms with E-state index in [1.807, 2.05) is 6.07 Å². The third kappa shape index (κ3) is 4.96. The predicted octanol–water partition coefficient (Wildman–Crippen LogP) is 6.23. The van der Waals surface area contributed by atoms with Gasteiger partial charge in [0.05, 0.1) is 38.4 Å². The molecule has 40 heavy (non-hydrogen) atoms. The normalized spacial score (nSPS) is 11.6. The molecule has 4 rings (SSSR count). The Morgan fingerprint density at radius 1 is 1.05 bits per heavy atom. The number of nitriles is 1. The van der Waals surface area contributed by atoms with Crippen molar-refractivity contribution >= 4 is 40.0 Å². The lowest BCUT2D eigenvalue weighted by Gasteiger charge is -2.16. The van der Waals surface area contributed by atoms with E-state index in [9.17, 15) is 41.6 Å². The van der Waals surface area contributed by atoms with Crippen molar-refractivity contribution in [1.29, 1.82) is 5.26 Å². The summed E-state index contributed by atoms with van der Waals surface area (Å²) in [6, 6.07) is 6.67. The van der Waals surface area contributed by atoms with Crippen molar-refractivity contribution in [3.05, 3.63) is 97.4 Å². The van der Waals surface area contributed by atoms with Crippen molar-refractivity contribution in [2.45, 2.75) is 26.1 Å². The number of hydrogen-bond donors (Lipinski definition) is 1. The quantitative estimate of drug-likeness (QED) is 0.225. The number of aryl methyl sites for hydroxylation is 1. The fourth-order valence-electron chi connectivity index (χ4n) is 4.37. The van der Waals surface area contributed by atoms with Crippen LogP contribution in [-0.2, 0) is 13.2 Å². The highest BCUT2D eigenvalue weighted by Crippen LogP contribution is 2.35. The van der Waals surface area contributed by atoms with E-state index in [0.717, 1.165) is 22.8 Å². The molecule has 0 bridgehead atoms. The van der Waals surface area contributed by atoms with E-state index >= 15 is 0 Å². The summed E-state index contributed by atoms with van der Waals surface area (Å²) in [5, 5.41) is 12.2. The molecule has 0 saturated carbocycles. The number of carbonyl (C=O) groups is 2. The van der Waals surface area contributed by atoms with Crippen molar-refractivity contribution in [3.63, 3.8) is 0 Å². The van der Waals surface area contributed by atoms with Crippen molar-refractivity contribution in [3.8, 4) is 6.07 Å². The number of aromatic nitrogens is 2. The Bertz CT molecular complexity index is 1820. The highest BCUT2D eigenvalue weighted by Gasteiger charge is 2.33. The lowest BCUT2D eigenvalue weighted by Crippen LogP contribution is -2.23. The third-order valence-corrected chi connectivity index (χ3v) is 6.46. The van der Waals surface area contributed by atoms with Gasteiger partial charge in [0, 0.05) is 24.2 Å². The average molecular weight is 577 g/mol. The van der Waals surface area contributed by atoms with Gasteiger partial charge >= 0.3 is 11.9 Å². The second kappa shape index (κ2) is 10.2. The Kier molecular flexibility index (Phi) is 7.30. The third-order valence-electron chi connectivity index (χ3n) is 6.13. The molecule has 0 fully saturated rings. The summed E-state index contributed by atoms with van der Waals surface area (Å²) in [4.78, 5) is 39.8. The summed E-state index contributed by atoms with van der Waals surface area (Å²) in [6.45, 7) is 3.34. The number of fused-ring (bicyclic) bond motifs is 1. The minimum absolute atomic E-state index is 0.0141. The van der Waals surface area contributed by atoms with Crippen LogP contribution in [0.15, 0.2) is 47.3 Å². The van der Waals surface area contributed by atoms with E-state index in [1.54, 1.807) is 13.8 Å². The molecule has 1 heterocycles. The van der Waals surface area contributed by atoms with E-state index in [4.69, 9.17) is 11.6 Å². The zero-order chi connectivity index (χ0) is 29.7. The summed E-state index contributed by atoms with van der Waals surface area (Å²) in [5.74, 6) is -4.44. The molecular formula is C27H18ClF5N4O3. The first-order chi connectivity index (χ1) is 18.6. The maximum atomic E-state index is 14.1. The lowest BCUT2D eigenvalue weighted by atomic mass is 9.95. The van der Waals surface area contributed by atoms with E-state index in [1.165, 1.54) is 17.7 Å². The summed E-state index contributed by atoms with van der Waals surface area (Å²) in [7, 11) is 1.36. The Balaban J connectivity index is 2.03. The molecule has 0 saturated heterocycles. The first-order valence-electron chi connectivity index (χ1n) is 11.5. The number of nitrogens with one attached hydrogen (secondary N) is 1. The molecule has 3 aromatic carbocycles. The maximum Gasteiger partial charge on any atom is 0.416 e. The van der Waals surface area contributed by atoms with Crippen molar-refractivity contribution in [2.24, 2.45) is 7.05 Å². The Morgan fingerprint density at radius 2 is 1.73 bits per heavy atom. The second-order valence-electron chi connectivity index (χ2n) is 9.09. The van der Waals surface area contributed by atoms with Crippen LogP contribution in [-0.4, -0.2) is 20.8 Å². The van der Waals surface area contributed by atoms with Crippen LogP contribution < -0.4 is 11.0 Å². The van der Waals surface area contributed by atoms with Gasteiger partial charge in [0.25, 0.3) is 5.91 Å². The van der Waals surface area contributed by atoms with Crippen LogP contribution in [0, 0.1) is 23.0 Å². The molecular weight excluding hydrogens is 559 g/mol. The SMILES string of the molecule is CC(C)n1c(=O)n(C)c2c(C#N)c(C(=O)c3cc(F)ccc3Cl)c(NC(=O)c3cc(F)cc(C(F)(F)F)c3)cc21. The largest absolute Gasteiger partial charge is 0.416 e. The van der Waals surface area contributed by atoms with Gasteiger partial charge in [-0.15, -0.1) is 0 Å². The molecule has 1 amide bonds. The number of amides is 1. The number of nitrogens with zero attached hydrogens (tertiary/aromatic N) is 3. The molecule has 0 aliphatic carbocycles. The number of hydrogen-bond acceptors (Lipinski definition) is 4. The molecule has 0 aliphatic heterocycles. The van der Waals surface area contributed by atoms with Crippen LogP contribution in [0.25, 0.3) is 11.0 Å². The number of benzene rings is 3. The van der Waals surface area contributed by atoms with E-state index in [0.29, 0.717) is 12.1 Å². The standard InChI is InChI=1S/C27H18ClF5N4O3/c1-12(2)37-21-10-20(35-25(39)13-6-14(27(31,32)33)8-16(30)7-13)22(18(11-34)23(21)36(3)26(37)40)24(38)17-9-15(29)4-5-19(17)28/h4-10,12H,1-3H3,(H,35,39). The lowest BCUT2D eigenvalue weighted by molar-refractivity contribution is -0.137. The smallest absolute Gasteiger partial charge is 0.321 e. The minimum Gasteiger partial charge on any atom is -0.321 e. The van der Waals surface area contributed by atoms with Crippen LogP contribution in [0.5, 0.6) is 0 Å². The van der Waals surface area contributed by atoms with Gasteiger partial charge in [0.15, 0.2) is 5.78 Å². The maximum absolute atomic E-state index is 14.1. The first-order valence-corrected chi connectivity index (χ1v) is 11.9. The molecule has 4 aromatic rings. The van der Waals surface area contributed by atoms with Gasteiger partial charge in [-0.05, 0) is 56.3 Å². The topological polar surface area (TPSA) is 96.9 Å². The number of rotatable bonds is 5. The van der Waals surface area contributed by atoms with Gasteiger partial charge in [-0.2, -0.15) is 18.4 Å². The van der Waals surface area contributed by atoms with Gasteiger partial charge in [-0.3, -0.25) is 18.7 Å². The summed E-state index contributed by atoms with van der Waals surface area (Å²) in [5.41, 5.74) is -4.25. The molecule has 0 atom stereocenters. The minimum atomic E-state index is -4.96. The summed E-state index contributed by atoms with van der Waals surface area (Å²) < 4.78 is 70.2. The molecule has 206 valence electrons. The zero-order valence-corrected chi connectivity index (χ0v) is 21.7. The van der Waals surface area contributed by atoms with E-state index < -0.39 is 63.6 Å². The predicted molar refractivity (Wildman–Crippen MR) is 136 cm³/mol. The van der Waals surface area contributed by atoms with Gasteiger partial charge in [0.2, 0.25) is 0 Å². The molecule has 0 radical (unpaired) electrons. The van der Waals surface area contributed by atoms with Crippen LogP contribution in [0.2, 0.25) is 5.02 Å². The average Bonchev–Trinajstić information content (AvgIpc) is 3.12. The van der Waals surface area contributed by atoms with Gasteiger partial charge in [-0.25, -0.2) is 13.6 Å². The first kappa shape index (κ1) is 28.5. The van der Waals surface area contributed by atoms with Gasteiger partial charge in [-0.1, -0.05) is 11.6 Å². The molecule has 1 N–H and O–H groups in total. The zero-order valence-electron chi connectivity index (χ0n) is 21.0. The van der Waals surface area contributed by atoms with Crippen LogP contribution in [0.4, 0.5) is 27.6 Å². The summed E-state index contributed by atoms with van der Waals surface area (Å²) in [6.07, 6.45) is -4.96. The van der Waals surface area contributed by atoms with Gasteiger partial charge in [0.1, 0.15) is 17.7 Å². The molecule has 0 unspecified atom stereocenters. The van der Waals surface area contributed by atoms with Crippen molar-refractivity contribution < 1.29 is 31.5 Å². The highest BCUT2D eigenvalue weighted by atomic mass is 35.5.